The second-order valence-electron chi connectivity index (χ2n) is 8.45. The third kappa shape index (κ3) is 11.0. The number of nitrogens with zero attached hydrogens (tertiary/aromatic N) is 4. The highest BCUT2D eigenvalue weighted by Crippen LogP contribution is 2.42. The van der Waals surface area contributed by atoms with Gasteiger partial charge in [0.2, 0.25) is 0 Å². The van der Waals surface area contributed by atoms with Gasteiger partial charge < -0.3 is 15.7 Å². The molecule has 0 amide bonds. The third-order valence-electron chi connectivity index (χ3n) is 5.33. The zero-order chi connectivity index (χ0) is 29.8. The molecule has 39 heavy (non-hydrogen) atoms. The molecule has 0 saturated heterocycles. The average molecular weight is 576 g/mol. The maximum atomic E-state index is 8.23. The number of aliphatic hydroxyl groups is 1. The SMILES string of the molecule is CC.CC.CCCN(C)C.CCCn1c(-c2sc3ccccc3c2C)c2c(N)nccn21.CS/C=C\CCO. The van der Waals surface area contributed by atoms with Crippen LogP contribution in [0.25, 0.3) is 26.2 Å². The Morgan fingerprint density at radius 1 is 1.10 bits per heavy atom. The molecular weight excluding hydrogens is 523 g/mol. The van der Waals surface area contributed by atoms with Crippen molar-refractivity contribution in [2.24, 2.45) is 0 Å². The number of hydrogen-bond acceptors (Lipinski definition) is 6. The minimum atomic E-state index is 0.261. The number of aryl methyl sites for hydroxylation is 2. The van der Waals surface area contributed by atoms with Crippen molar-refractivity contribution in [1.29, 1.82) is 0 Å². The van der Waals surface area contributed by atoms with E-state index in [2.05, 4.69) is 78.2 Å². The van der Waals surface area contributed by atoms with E-state index in [1.165, 1.54) is 39.2 Å². The highest BCUT2D eigenvalue weighted by Gasteiger charge is 2.23. The van der Waals surface area contributed by atoms with Crippen LogP contribution in [0.15, 0.2) is 48.1 Å². The number of aliphatic hydroxyl groups excluding tert-OH is 1. The van der Waals surface area contributed by atoms with Crippen LogP contribution in [0, 0.1) is 6.92 Å². The molecule has 3 aromatic heterocycles. The van der Waals surface area contributed by atoms with Gasteiger partial charge in [0.1, 0.15) is 11.2 Å². The number of benzene rings is 1. The highest BCUT2D eigenvalue weighted by molar-refractivity contribution is 8.01. The molecule has 6 nitrogen and oxygen atoms in total. The van der Waals surface area contributed by atoms with Gasteiger partial charge in [-0.15, -0.1) is 23.1 Å². The minimum absolute atomic E-state index is 0.261. The molecule has 220 valence electrons. The number of thioether (sulfide) groups is 1. The van der Waals surface area contributed by atoms with Crippen molar-refractivity contribution in [2.75, 3.05) is 39.2 Å². The fourth-order valence-electron chi connectivity index (χ4n) is 3.79. The number of hydrogen-bond donors (Lipinski definition) is 2. The lowest BCUT2D eigenvalue weighted by molar-refractivity contribution is 0.302. The summed E-state index contributed by atoms with van der Waals surface area (Å²) in [6.45, 7) is 17.0. The average Bonchev–Trinajstić information content (AvgIpc) is 3.27. The molecular formula is C31H53N5OS2. The van der Waals surface area contributed by atoms with Gasteiger partial charge in [0, 0.05) is 30.2 Å². The fraction of sp³-hybridized carbons (Fsp3) is 0.516. The first-order valence-corrected chi connectivity index (χ1v) is 16.2. The number of aromatic nitrogens is 3. The van der Waals surface area contributed by atoms with E-state index in [9.17, 15) is 0 Å². The Balaban J connectivity index is 0.000000708. The van der Waals surface area contributed by atoms with Gasteiger partial charge in [0.05, 0.1) is 4.88 Å². The van der Waals surface area contributed by atoms with Crippen LogP contribution in [0.4, 0.5) is 5.82 Å². The van der Waals surface area contributed by atoms with E-state index in [4.69, 9.17) is 10.8 Å². The molecule has 0 unspecified atom stereocenters. The molecule has 0 radical (unpaired) electrons. The number of nitrogen functional groups attached to an aromatic ring is 1. The van der Waals surface area contributed by atoms with Gasteiger partial charge in [-0.2, -0.15) is 0 Å². The van der Waals surface area contributed by atoms with Gasteiger partial charge >= 0.3 is 0 Å². The molecule has 0 aliphatic rings. The fourth-order valence-corrected chi connectivity index (χ4v) is 5.38. The summed E-state index contributed by atoms with van der Waals surface area (Å²) in [5.74, 6) is 0.599. The summed E-state index contributed by atoms with van der Waals surface area (Å²) in [6, 6.07) is 8.56. The van der Waals surface area contributed by atoms with E-state index in [1.807, 2.05) is 63.0 Å². The van der Waals surface area contributed by atoms with Crippen molar-refractivity contribution in [3.05, 3.63) is 53.7 Å². The van der Waals surface area contributed by atoms with E-state index in [0.29, 0.717) is 5.82 Å². The Kier molecular flexibility index (Phi) is 20.3. The molecule has 0 spiro atoms. The lowest BCUT2D eigenvalue weighted by Gasteiger charge is -2.25. The smallest absolute Gasteiger partial charge is 0.151 e. The summed E-state index contributed by atoms with van der Waals surface area (Å²) in [7, 11) is 4.17. The standard InChI is InChI=1S/C17H18N4S.C5H13N.C5H10OS.2C2H6/c1-3-9-20-14(15-17(18)19-8-10-21(15)20)16-11(2)12-6-4-5-7-13(12)22-16;1-4-5-6(2)3;1-7-5-3-2-4-6;2*1-2/h4-8,10H,3,9H2,1-2H3,(H2,18,19);4-5H2,1-3H3;3,5-6H,2,4H2,1H3;2*1-2H3/b;;5-3-;;. The van der Waals surface area contributed by atoms with Crippen molar-refractivity contribution in [2.45, 2.75) is 74.3 Å². The minimum Gasteiger partial charge on any atom is -0.396 e. The molecule has 4 aromatic rings. The normalized spacial score (nSPS) is 10.4. The largest absolute Gasteiger partial charge is 0.396 e. The van der Waals surface area contributed by atoms with E-state index in [-0.39, 0.29) is 6.61 Å². The van der Waals surface area contributed by atoms with Crippen LogP contribution in [-0.4, -0.2) is 57.7 Å². The summed E-state index contributed by atoms with van der Waals surface area (Å²) in [6.07, 6.45) is 10.8. The Labute approximate surface area is 245 Å². The van der Waals surface area contributed by atoms with Gasteiger partial charge in [0.15, 0.2) is 5.82 Å². The highest BCUT2D eigenvalue weighted by atomic mass is 32.2. The van der Waals surface area contributed by atoms with Crippen molar-refractivity contribution in [3.8, 4) is 10.6 Å². The molecule has 0 fully saturated rings. The van der Waals surface area contributed by atoms with Crippen LogP contribution in [0.3, 0.4) is 0 Å². The topological polar surface area (TPSA) is 71.7 Å². The van der Waals surface area contributed by atoms with Crippen LogP contribution < -0.4 is 5.73 Å². The number of fused-ring (bicyclic) bond motifs is 2. The lowest BCUT2D eigenvalue weighted by atomic mass is 10.1. The summed E-state index contributed by atoms with van der Waals surface area (Å²) in [4.78, 5) is 7.74. The van der Waals surface area contributed by atoms with Crippen LogP contribution in [0.1, 0.15) is 66.4 Å². The number of anilines is 1. The molecule has 1 aromatic carbocycles. The first-order valence-electron chi connectivity index (χ1n) is 14.1. The van der Waals surface area contributed by atoms with Crippen LogP contribution in [0.2, 0.25) is 0 Å². The molecule has 3 heterocycles. The van der Waals surface area contributed by atoms with Gasteiger partial charge in [0.25, 0.3) is 0 Å². The monoisotopic (exact) mass is 575 g/mol. The molecule has 3 N–H and O–H groups in total. The Bertz CT molecular complexity index is 1190. The number of rotatable bonds is 8. The Morgan fingerprint density at radius 3 is 2.28 bits per heavy atom. The molecule has 0 saturated carbocycles. The maximum Gasteiger partial charge on any atom is 0.151 e. The molecule has 0 bridgehead atoms. The van der Waals surface area contributed by atoms with E-state index >= 15 is 0 Å². The first-order chi connectivity index (χ1) is 18.9. The zero-order valence-corrected chi connectivity index (χ0v) is 27.6. The molecule has 0 aliphatic carbocycles. The van der Waals surface area contributed by atoms with E-state index in [1.54, 1.807) is 18.0 Å². The molecule has 8 heteroatoms. The van der Waals surface area contributed by atoms with Crippen molar-refractivity contribution in [3.63, 3.8) is 0 Å². The summed E-state index contributed by atoms with van der Waals surface area (Å²) >= 11 is 3.48. The van der Waals surface area contributed by atoms with Gasteiger partial charge in [-0.1, -0.05) is 65.8 Å². The van der Waals surface area contributed by atoms with Gasteiger partial charge in [-0.05, 0) is 75.5 Å². The predicted molar refractivity (Wildman–Crippen MR) is 179 cm³/mol. The van der Waals surface area contributed by atoms with Crippen LogP contribution in [-0.2, 0) is 6.54 Å². The van der Waals surface area contributed by atoms with Crippen LogP contribution >= 0.6 is 23.1 Å². The van der Waals surface area contributed by atoms with Crippen molar-refractivity contribution >= 4 is 44.5 Å². The molecule has 4 rings (SSSR count). The summed E-state index contributed by atoms with van der Waals surface area (Å²) < 4.78 is 5.73. The van der Waals surface area contributed by atoms with Crippen molar-refractivity contribution < 1.29 is 5.11 Å². The summed E-state index contributed by atoms with van der Waals surface area (Å²) in [5.41, 5.74) is 9.70. The summed E-state index contributed by atoms with van der Waals surface area (Å²) in [5, 5.41) is 11.5. The molecule has 0 aliphatic heterocycles. The lowest BCUT2D eigenvalue weighted by Crippen LogP contribution is -2.21. The molecule has 0 atom stereocenters. The second-order valence-corrected chi connectivity index (χ2v) is 10.2. The third-order valence-corrected chi connectivity index (χ3v) is 7.07. The second kappa shape index (κ2) is 21.5. The van der Waals surface area contributed by atoms with Gasteiger partial charge in [-0.3, -0.25) is 9.20 Å². The Hall–Kier alpha value is -2.26. The van der Waals surface area contributed by atoms with Gasteiger partial charge in [-0.25, -0.2) is 4.98 Å². The zero-order valence-electron chi connectivity index (χ0n) is 26.0. The quantitative estimate of drug-likeness (QED) is 0.220. The number of nitrogens with two attached hydrogens (primary N) is 1. The first kappa shape index (κ1) is 36.7. The van der Waals surface area contributed by atoms with Crippen LogP contribution in [0.5, 0.6) is 0 Å². The van der Waals surface area contributed by atoms with Crippen molar-refractivity contribution in [1.82, 2.24) is 19.1 Å². The predicted octanol–water partition coefficient (Wildman–Crippen LogP) is 8.57. The van der Waals surface area contributed by atoms with E-state index in [0.717, 1.165) is 24.9 Å². The van der Waals surface area contributed by atoms with E-state index < -0.39 is 0 Å². The number of thiophene rings is 1. The Morgan fingerprint density at radius 2 is 1.77 bits per heavy atom. The maximum absolute atomic E-state index is 8.23.